The largest absolute Gasteiger partial charge is 0.479 e. The van der Waals surface area contributed by atoms with Crippen molar-refractivity contribution in [1.82, 2.24) is 4.98 Å². The molecule has 0 fully saturated rings. The highest BCUT2D eigenvalue weighted by Gasteiger charge is 2.20. The average molecular weight is 382 g/mol. The summed E-state index contributed by atoms with van der Waals surface area (Å²) in [7, 11) is 0. The van der Waals surface area contributed by atoms with Crippen LogP contribution in [0.25, 0.3) is 10.9 Å². The Balaban J connectivity index is 1.84. The molecule has 0 amide bonds. The highest BCUT2D eigenvalue weighted by molar-refractivity contribution is 5.88. The van der Waals surface area contributed by atoms with Gasteiger partial charge < -0.3 is 14.2 Å². The summed E-state index contributed by atoms with van der Waals surface area (Å²) < 4.78 is 16.2. The molecule has 8 heteroatoms. The van der Waals surface area contributed by atoms with Crippen LogP contribution in [0.15, 0.2) is 54.7 Å². The number of para-hydroxylation sites is 1. The van der Waals surface area contributed by atoms with E-state index in [2.05, 4.69) is 4.98 Å². The molecule has 1 heterocycles. The van der Waals surface area contributed by atoms with Crippen molar-refractivity contribution in [3.63, 3.8) is 0 Å². The Morgan fingerprint density at radius 1 is 1.14 bits per heavy atom. The molecule has 0 saturated carbocycles. The molecule has 144 valence electrons. The lowest BCUT2D eigenvalue weighted by Gasteiger charge is -2.14. The van der Waals surface area contributed by atoms with Gasteiger partial charge in [0, 0.05) is 0 Å². The molecule has 0 bridgehead atoms. The number of nitro groups is 1. The van der Waals surface area contributed by atoms with Crippen LogP contribution in [0.3, 0.4) is 0 Å². The number of fused-ring (bicyclic) bond motifs is 1. The number of carbonyl (C=O) groups excluding carboxylic acids is 1. The summed E-state index contributed by atoms with van der Waals surface area (Å²) in [6.45, 7) is 3.59. The van der Waals surface area contributed by atoms with Crippen molar-refractivity contribution in [2.75, 3.05) is 6.61 Å². The van der Waals surface area contributed by atoms with E-state index in [-0.39, 0.29) is 18.0 Å². The second-order valence-electron chi connectivity index (χ2n) is 5.83. The van der Waals surface area contributed by atoms with Crippen LogP contribution in [-0.4, -0.2) is 28.6 Å². The smallest absolute Gasteiger partial charge is 0.347 e. The van der Waals surface area contributed by atoms with Crippen LogP contribution in [-0.2, 0) is 9.53 Å². The van der Waals surface area contributed by atoms with Crippen LogP contribution in [0.4, 0.5) is 5.69 Å². The Bertz CT molecular complexity index is 1000. The third kappa shape index (κ3) is 4.17. The molecule has 0 aliphatic carbocycles. The van der Waals surface area contributed by atoms with Crippen LogP contribution in [0.2, 0.25) is 0 Å². The van der Waals surface area contributed by atoms with E-state index in [0.29, 0.717) is 22.4 Å². The van der Waals surface area contributed by atoms with Gasteiger partial charge in [-0.25, -0.2) is 9.78 Å². The molecule has 0 aliphatic heterocycles. The van der Waals surface area contributed by atoms with Gasteiger partial charge in [0.1, 0.15) is 17.7 Å². The molecular formula is C20H18N2O6. The highest BCUT2D eigenvalue weighted by atomic mass is 16.6. The number of nitrogens with zero attached hydrogens (tertiary/aromatic N) is 2. The van der Waals surface area contributed by atoms with Gasteiger partial charge in [-0.1, -0.05) is 12.1 Å². The molecule has 1 aromatic heterocycles. The molecule has 3 aromatic rings. The molecule has 3 rings (SSSR count). The molecule has 1 unspecified atom stereocenters. The van der Waals surface area contributed by atoms with Crippen molar-refractivity contribution < 1.29 is 23.9 Å². The highest BCUT2D eigenvalue weighted by Crippen LogP contribution is 2.37. The first-order chi connectivity index (χ1) is 13.5. The quantitative estimate of drug-likeness (QED) is 0.342. The molecule has 1 atom stereocenters. The van der Waals surface area contributed by atoms with Crippen LogP contribution in [0.5, 0.6) is 17.2 Å². The number of aromatic nitrogens is 1. The van der Waals surface area contributed by atoms with E-state index in [1.807, 2.05) is 0 Å². The minimum Gasteiger partial charge on any atom is -0.479 e. The second-order valence-corrected chi connectivity index (χ2v) is 5.83. The van der Waals surface area contributed by atoms with Crippen molar-refractivity contribution in [3.8, 4) is 17.2 Å². The Hall–Kier alpha value is -3.68. The van der Waals surface area contributed by atoms with Gasteiger partial charge in [0.2, 0.25) is 5.75 Å². The Morgan fingerprint density at radius 3 is 2.50 bits per heavy atom. The van der Waals surface area contributed by atoms with E-state index in [4.69, 9.17) is 14.2 Å². The first-order valence-corrected chi connectivity index (χ1v) is 8.63. The zero-order valence-corrected chi connectivity index (χ0v) is 15.3. The minimum absolute atomic E-state index is 0.115. The normalized spacial score (nSPS) is 11.6. The second kappa shape index (κ2) is 8.34. The Morgan fingerprint density at radius 2 is 1.82 bits per heavy atom. The lowest BCUT2D eigenvalue weighted by Crippen LogP contribution is -2.25. The van der Waals surface area contributed by atoms with Crippen LogP contribution >= 0.6 is 0 Å². The third-order valence-electron chi connectivity index (χ3n) is 3.88. The lowest BCUT2D eigenvalue weighted by molar-refractivity contribution is -0.385. The summed E-state index contributed by atoms with van der Waals surface area (Å²) in [4.78, 5) is 26.6. The van der Waals surface area contributed by atoms with Crippen molar-refractivity contribution in [2.24, 2.45) is 0 Å². The van der Waals surface area contributed by atoms with Crippen LogP contribution in [0, 0.1) is 10.1 Å². The summed E-state index contributed by atoms with van der Waals surface area (Å²) >= 11 is 0. The van der Waals surface area contributed by atoms with Crippen molar-refractivity contribution >= 4 is 22.6 Å². The fourth-order valence-electron chi connectivity index (χ4n) is 2.56. The van der Waals surface area contributed by atoms with Gasteiger partial charge in [0.25, 0.3) is 0 Å². The number of esters is 1. The summed E-state index contributed by atoms with van der Waals surface area (Å²) in [6.07, 6.45) is 0.424. The van der Waals surface area contributed by atoms with E-state index < -0.39 is 17.0 Å². The fourth-order valence-corrected chi connectivity index (χ4v) is 2.56. The molecule has 0 saturated heterocycles. The molecule has 0 radical (unpaired) electrons. The standard InChI is InChI=1S/C20H18N2O6/c1-3-26-20(23)13(2)27-14-8-10-15(11-9-14)28-19-16-6-4-5-7-17(16)21-12-18(19)22(24)25/h4-13H,3H2,1-2H3. The van der Waals surface area contributed by atoms with Gasteiger partial charge in [-0.15, -0.1) is 0 Å². The number of rotatable bonds is 7. The minimum atomic E-state index is -0.753. The van der Waals surface area contributed by atoms with E-state index in [0.717, 1.165) is 0 Å². The number of ether oxygens (including phenoxy) is 3. The predicted molar refractivity (Wildman–Crippen MR) is 102 cm³/mol. The zero-order valence-electron chi connectivity index (χ0n) is 15.3. The van der Waals surface area contributed by atoms with Crippen molar-refractivity contribution in [1.29, 1.82) is 0 Å². The summed E-state index contributed by atoms with van der Waals surface area (Å²) in [5.74, 6) is 0.489. The Kier molecular flexibility index (Phi) is 5.69. The third-order valence-corrected chi connectivity index (χ3v) is 3.88. The molecule has 8 nitrogen and oxygen atoms in total. The van der Waals surface area contributed by atoms with Gasteiger partial charge >= 0.3 is 11.7 Å². The zero-order chi connectivity index (χ0) is 20.1. The van der Waals surface area contributed by atoms with Gasteiger partial charge in [-0.05, 0) is 50.2 Å². The van der Waals surface area contributed by atoms with Gasteiger partial charge in [-0.2, -0.15) is 0 Å². The van der Waals surface area contributed by atoms with E-state index >= 15 is 0 Å². The summed E-state index contributed by atoms with van der Waals surface area (Å²) in [5.41, 5.74) is 0.362. The molecule has 28 heavy (non-hydrogen) atoms. The molecule has 2 aromatic carbocycles. The molecular weight excluding hydrogens is 364 g/mol. The fraction of sp³-hybridized carbons (Fsp3) is 0.200. The van der Waals surface area contributed by atoms with E-state index in [1.165, 1.54) is 6.20 Å². The maximum Gasteiger partial charge on any atom is 0.347 e. The SMILES string of the molecule is CCOC(=O)C(C)Oc1ccc(Oc2c([N+](=O)[O-])cnc3ccccc23)cc1. The number of hydrogen-bond donors (Lipinski definition) is 0. The number of benzene rings is 2. The Labute approximate surface area is 160 Å². The van der Waals surface area contributed by atoms with Crippen LogP contribution in [0.1, 0.15) is 13.8 Å². The van der Waals surface area contributed by atoms with Gasteiger partial charge in [0.05, 0.1) is 22.4 Å². The van der Waals surface area contributed by atoms with Crippen molar-refractivity contribution in [3.05, 3.63) is 64.8 Å². The first kappa shape index (κ1) is 19.1. The molecule has 0 N–H and O–H groups in total. The molecule has 0 aliphatic rings. The predicted octanol–water partition coefficient (Wildman–Crippen LogP) is 4.27. The first-order valence-electron chi connectivity index (χ1n) is 8.63. The van der Waals surface area contributed by atoms with Gasteiger partial charge in [-0.3, -0.25) is 10.1 Å². The lowest BCUT2D eigenvalue weighted by atomic mass is 10.2. The maximum atomic E-state index is 11.6. The topological polar surface area (TPSA) is 101 Å². The monoisotopic (exact) mass is 382 g/mol. The van der Waals surface area contributed by atoms with Gasteiger partial charge in [0.15, 0.2) is 6.10 Å². The number of hydrogen-bond acceptors (Lipinski definition) is 7. The summed E-state index contributed by atoms with van der Waals surface area (Å²) in [5, 5.41) is 11.9. The van der Waals surface area contributed by atoms with Crippen molar-refractivity contribution in [2.45, 2.75) is 20.0 Å². The summed E-state index contributed by atoms with van der Waals surface area (Å²) in [6, 6.07) is 13.4. The number of carbonyl (C=O) groups is 1. The average Bonchev–Trinajstić information content (AvgIpc) is 2.69. The van der Waals surface area contributed by atoms with E-state index in [1.54, 1.807) is 62.4 Å². The molecule has 0 spiro atoms. The maximum absolute atomic E-state index is 11.6. The van der Waals surface area contributed by atoms with Crippen LogP contribution < -0.4 is 9.47 Å². The van der Waals surface area contributed by atoms with E-state index in [9.17, 15) is 14.9 Å². The number of pyridine rings is 1.